The lowest BCUT2D eigenvalue weighted by Gasteiger charge is -2.36. The molecule has 0 unspecified atom stereocenters. The molecule has 0 aliphatic heterocycles. The van der Waals surface area contributed by atoms with Gasteiger partial charge in [0.1, 0.15) is 17.5 Å². The minimum atomic E-state index is -0.908. The standard InChI is InChI=1S/C21H25NO3/c1-6-8-15-9-13(3)18(14(4)10-15)19-16(23)11-21(7-2,12-17(19)24)20(25)22-5/h9-10,19H,7,11-12H2,1-5H3,(H,22,25). The average molecular weight is 339 g/mol. The Kier molecular flexibility index (Phi) is 5.47. The van der Waals surface area contributed by atoms with Crippen LogP contribution in [0.1, 0.15) is 61.3 Å². The lowest BCUT2D eigenvalue weighted by Crippen LogP contribution is -2.48. The van der Waals surface area contributed by atoms with E-state index in [2.05, 4.69) is 17.2 Å². The third-order valence-electron chi connectivity index (χ3n) is 5.21. The smallest absolute Gasteiger partial charge is 0.226 e. The van der Waals surface area contributed by atoms with E-state index in [0.29, 0.717) is 6.42 Å². The first-order valence-corrected chi connectivity index (χ1v) is 8.61. The van der Waals surface area contributed by atoms with E-state index in [-0.39, 0.29) is 30.3 Å². The molecule has 1 aromatic carbocycles. The first-order valence-electron chi connectivity index (χ1n) is 8.61. The van der Waals surface area contributed by atoms with E-state index in [1.54, 1.807) is 14.0 Å². The van der Waals surface area contributed by atoms with Crippen LogP contribution in [0.5, 0.6) is 0 Å². The van der Waals surface area contributed by atoms with E-state index in [1.807, 2.05) is 32.9 Å². The summed E-state index contributed by atoms with van der Waals surface area (Å²) in [5.74, 6) is 4.55. The summed E-state index contributed by atoms with van der Waals surface area (Å²) in [4.78, 5) is 38.0. The van der Waals surface area contributed by atoms with E-state index >= 15 is 0 Å². The lowest BCUT2D eigenvalue weighted by atomic mass is 9.65. The molecule has 0 saturated heterocycles. The van der Waals surface area contributed by atoms with Crippen LogP contribution in [0.25, 0.3) is 0 Å². The van der Waals surface area contributed by atoms with E-state index < -0.39 is 11.3 Å². The van der Waals surface area contributed by atoms with Crippen LogP contribution < -0.4 is 5.32 Å². The van der Waals surface area contributed by atoms with Gasteiger partial charge in [-0.05, 0) is 56.0 Å². The quantitative estimate of drug-likeness (QED) is 0.680. The van der Waals surface area contributed by atoms with Gasteiger partial charge in [-0.2, -0.15) is 0 Å². The second-order valence-corrected chi connectivity index (χ2v) is 6.83. The monoisotopic (exact) mass is 339 g/mol. The highest BCUT2D eigenvalue weighted by atomic mass is 16.2. The first kappa shape index (κ1) is 18.9. The molecule has 1 aromatic rings. The average Bonchev–Trinajstić information content (AvgIpc) is 2.55. The summed E-state index contributed by atoms with van der Waals surface area (Å²) in [5, 5.41) is 2.61. The molecule has 0 aromatic heterocycles. The van der Waals surface area contributed by atoms with Gasteiger partial charge in [-0.25, -0.2) is 0 Å². The summed E-state index contributed by atoms with van der Waals surface area (Å²) >= 11 is 0. The molecule has 1 aliphatic carbocycles. The molecular formula is C21H25NO3. The van der Waals surface area contributed by atoms with Gasteiger partial charge in [-0.15, -0.1) is 5.92 Å². The number of amides is 1. The Balaban J connectivity index is 2.46. The molecular weight excluding hydrogens is 314 g/mol. The zero-order valence-electron chi connectivity index (χ0n) is 15.6. The van der Waals surface area contributed by atoms with Crippen LogP contribution in [0.2, 0.25) is 0 Å². The van der Waals surface area contributed by atoms with Crippen molar-refractivity contribution in [3.8, 4) is 11.8 Å². The number of Topliss-reactive ketones (excluding diaryl/α,β-unsaturated/α-hetero) is 2. The molecule has 0 heterocycles. The second kappa shape index (κ2) is 7.23. The van der Waals surface area contributed by atoms with Crippen LogP contribution in [0, 0.1) is 31.1 Å². The van der Waals surface area contributed by atoms with Crippen LogP contribution in [0.15, 0.2) is 12.1 Å². The van der Waals surface area contributed by atoms with Crippen molar-refractivity contribution in [2.24, 2.45) is 5.41 Å². The Labute approximate surface area is 149 Å². The highest BCUT2D eigenvalue weighted by Crippen LogP contribution is 2.42. The maximum Gasteiger partial charge on any atom is 0.226 e. The summed E-state index contributed by atoms with van der Waals surface area (Å²) in [6, 6.07) is 3.83. The Morgan fingerprint density at radius 1 is 1.20 bits per heavy atom. The van der Waals surface area contributed by atoms with Crippen molar-refractivity contribution in [2.45, 2.75) is 52.9 Å². The minimum Gasteiger partial charge on any atom is -0.359 e. The lowest BCUT2D eigenvalue weighted by molar-refractivity contribution is -0.146. The summed E-state index contributed by atoms with van der Waals surface area (Å²) in [6.45, 7) is 7.44. The van der Waals surface area contributed by atoms with Crippen LogP contribution in [0.4, 0.5) is 0 Å². The van der Waals surface area contributed by atoms with Crippen molar-refractivity contribution in [1.82, 2.24) is 5.32 Å². The molecule has 1 N–H and O–H groups in total. The fourth-order valence-corrected chi connectivity index (χ4v) is 3.92. The Hall–Kier alpha value is -2.41. The van der Waals surface area contributed by atoms with E-state index in [0.717, 1.165) is 22.3 Å². The van der Waals surface area contributed by atoms with Crippen molar-refractivity contribution in [2.75, 3.05) is 7.05 Å². The normalized spacial score (nSPS) is 23.0. The molecule has 25 heavy (non-hydrogen) atoms. The minimum absolute atomic E-state index is 0.106. The predicted molar refractivity (Wildman–Crippen MR) is 97.2 cm³/mol. The van der Waals surface area contributed by atoms with Gasteiger partial charge in [0.25, 0.3) is 0 Å². The third kappa shape index (κ3) is 3.37. The Morgan fingerprint density at radius 3 is 2.12 bits per heavy atom. The molecule has 132 valence electrons. The summed E-state index contributed by atoms with van der Waals surface area (Å²) in [5.41, 5.74) is 2.54. The molecule has 1 aliphatic rings. The molecule has 1 saturated carbocycles. The Morgan fingerprint density at radius 2 is 1.72 bits per heavy atom. The molecule has 1 amide bonds. The van der Waals surface area contributed by atoms with Gasteiger partial charge < -0.3 is 5.32 Å². The SMILES string of the molecule is CC#Cc1cc(C)c(C2C(=O)CC(CC)(C(=O)NC)CC2=O)c(C)c1. The van der Waals surface area contributed by atoms with Gasteiger partial charge in [0, 0.05) is 25.5 Å². The maximum atomic E-state index is 12.9. The number of carbonyl (C=O) groups excluding carboxylic acids is 3. The van der Waals surface area contributed by atoms with Gasteiger partial charge >= 0.3 is 0 Å². The number of hydrogen-bond donors (Lipinski definition) is 1. The number of rotatable bonds is 3. The van der Waals surface area contributed by atoms with E-state index in [1.165, 1.54) is 0 Å². The second-order valence-electron chi connectivity index (χ2n) is 6.83. The van der Waals surface area contributed by atoms with Crippen LogP contribution in [-0.2, 0) is 14.4 Å². The summed E-state index contributed by atoms with van der Waals surface area (Å²) < 4.78 is 0. The van der Waals surface area contributed by atoms with Gasteiger partial charge in [-0.1, -0.05) is 12.8 Å². The number of nitrogens with one attached hydrogen (secondary N) is 1. The van der Waals surface area contributed by atoms with Gasteiger partial charge in [0.05, 0.1) is 5.41 Å². The highest BCUT2D eigenvalue weighted by molar-refractivity contribution is 6.13. The molecule has 4 nitrogen and oxygen atoms in total. The number of ketones is 2. The highest BCUT2D eigenvalue weighted by Gasteiger charge is 2.49. The molecule has 0 spiro atoms. The van der Waals surface area contributed by atoms with E-state index in [4.69, 9.17) is 0 Å². The topological polar surface area (TPSA) is 63.2 Å². The van der Waals surface area contributed by atoms with E-state index in [9.17, 15) is 14.4 Å². The third-order valence-corrected chi connectivity index (χ3v) is 5.21. The number of benzene rings is 1. The molecule has 0 atom stereocenters. The zero-order valence-corrected chi connectivity index (χ0v) is 15.6. The van der Waals surface area contributed by atoms with Crippen molar-refractivity contribution < 1.29 is 14.4 Å². The predicted octanol–water partition coefficient (Wildman–Crippen LogP) is 2.83. The molecule has 0 radical (unpaired) electrons. The van der Waals surface area contributed by atoms with Gasteiger partial charge in [0.2, 0.25) is 5.91 Å². The van der Waals surface area contributed by atoms with Crippen molar-refractivity contribution in [1.29, 1.82) is 0 Å². The number of carbonyl (C=O) groups is 3. The van der Waals surface area contributed by atoms with Crippen LogP contribution >= 0.6 is 0 Å². The van der Waals surface area contributed by atoms with Crippen molar-refractivity contribution in [3.05, 3.63) is 34.4 Å². The van der Waals surface area contributed by atoms with Crippen molar-refractivity contribution >= 4 is 17.5 Å². The fraction of sp³-hybridized carbons (Fsp3) is 0.476. The first-order chi connectivity index (χ1) is 11.8. The van der Waals surface area contributed by atoms with Gasteiger partial charge in [0.15, 0.2) is 0 Å². The molecule has 2 rings (SSSR count). The number of hydrogen-bond acceptors (Lipinski definition) is 3. The molecule has 0 bridgehead atoms. The summed E-state index contributed by atoms with van der Waals surface area (Å²) in [6.07, 6.45) is 0.684. The van der Waals surface area contributed by atoms with Gasteiger partial charge in [-0.3, -0.25) is 14.4 Å². The molecule has 1 fully saturated rings. The maximum absolute atomic E-state index is 12.9. The van der Waals surface area contributed by atoms with Crippen LogP contribution in [0.3, 0.4) is 0 Å². The fourth-order valence-electron chi connectivity index (χ4n) is 3.92. The number of aryl methyl sites for hydroxylation is 2. The molecule has 4 heteroatoms. The largest absolute Gasteiger partial charge is 0.359 e. The van der Waals surface area contributed by atoms with Crippen LogP contribution in [-0.4, -0.2) is 24.5 Å². The summed E-state index contributed by atoms with van der Waals surface area (Å²) in [7, 11) is 1.54. The Bertz CT molecular complexity index is 754. The zero-order chi connectivity index (χ0) is 18.8. The van der Waals surface area contributed by atoms with Crippen molar-refractivity contribution in [3.63, 3.8) is 0 Å².